The Labute approximate surface area is 75.4 Å². The Morgan fingerprint density at radius 1 is 1.58 bits per heavy atom. The van der Waals surface area contributed by atoms with Crippen molar-refractivity contribution < 1.29 is 0 Å². The van der Waals surface area contributed by atoms with Gasteiger partial charge in [0, 0.05) is 24.2 Å². The van der Waals surface area contributed by atoms with E-state index in [4.69, 9.17) is 5.73 Å². The summed E-state index contributed by atoms with van der Waals surface area (Å²) in [5.41, 5.74) is 6.57. The van der Waals surface area contributed by atoms with Gasteiger partial charge >= 0.3 is 0 Å². The summed E-state index contributed by atoms with van der Waals surface area (Å²) in [5.74, 6) is 0.529. The lowest BCUT2D eigenvalue weighted by atomic mass is 9.95. The molecule has 0 aromatic rings. The largest absolute Gasteiger partial charge is 0.402 e. The number of rotatable bonds is 2. The summed E-state index contributed by atoms with van der Waals surface area (Å²) in [6.45, 7) is 10.6. The average molecular weight is 168 g/mol. The van der Waals surface area contributed by atoms with E-state index in [0.29, 0.717) is 12.0 Å². The maximum absolute atomic E-state index is 5.71. The highest BCUT2D eigenvalue weighted by molar-refractivity contribution is 4.97. The summed E-state index contributed by atoms with van der Waals surface area (Å²) in [6.07, 6.45) is 2.48. The Hall–Kier alpha value is -0.500. The second-order valence-electron chi connectivity index (χ2n) is 4.00. The van der Waals surface area contributed by atoms with Gasteiger partial charge in [-0.2, -0.15) is 0 Å². The van der Waals surface area contributed by atoms with Gasteiger partial charge in [0.05, 0.1) is 0 Å². The van der Waals surface area contributed by atoms with Gasteiger partial charge in [-0.05, 0) is 33.2 Å². The van der Waals surface area contributed by atoms with Crippen LogP contribution in [0.4, 0.5) is 0 Å². The van der Waals surface area contributed by atoms with Crippen molar-refractivity contribution in [1.29, 1.82) is 0 Å². The van der Waals surface area contributed by atoms with E-state index >= 15 is 0 Å². The van der Waals surface area contributed by atoms with Gasteiger partial charge < -0.3 is 10.6 Å². The molecule has 1 fully saturated rings. The van der Waals surface area contributed by atoms with E-state index in [1.54, 1.807) is 0 Å². The number of piperidine rings is 1. The van der Waals surface area contributed by atoms with Crippen molar-refractivity contribution in [2.45, 2.75) is 32.7 Å². The minimum Gasteiger partial charge on any atom is -0.402 e. The summed E-state index contributed by atoms with van der Waals surface area (Å²) in [6, 6.07) is 0.646. The molecule has 2 heteroatoms. The van der Waals surface area contributed by atoms with Crippen molar-refractivity contribution in [3.63, 3.8) is 0 Å². The highest BCUT2D eigenvalue weighted by atomic mass is 15.2. The second kappa shape index (κ2) is 3.94. The molecule has 1 aliphatic rings. The highest BCUT2D eigenvalue weighted by Crippen LogP contribution is 2.21. The van der Waals surface area contributed by atoms with Gasteiger partial charge in [-0.1, -0.05) is 6.58 Å². The predicted molar refractivity (Wildman–Crippen MR) is 52.8 cm³/mol. The monoisotopic (exact) mass is 168 g/mol. The fourth-order valence-corrected chi connectivity index (χ4v) is 1.78. The van der Waals surface area contributed by atoms with E-state index in [9.17, 15) is 0 Å². The third-order valence-electron chi connectivity index (χ3n) is 2.71. The highest BCUT2D eigenvalue weighted by Gasteiger charge is 2.21. The first-order valence-corrected chi connectivity index (χ1v) is 4.79. The van der Waals surface area contributed by atoms with E-state index in [-0.39, 0.29) is 0 Å². The molecular weight excluding hydrogens is 148 g/mol. The molecule has 0 bridgehead atoms. The third kappa shape index (κ3) is 2.24. The maximum atomic E-state index is 5.71. The lowest BCUT2D eigenvalue weighted by Crippen LogP contribution is -2.41. The first-order valence-electron chi connectivity index (χ1n) is 4.79. The molecule has 0 amide bonds. The minimum atomic E-state index is 0.529. The van der Waals surface area contributed by atoms with Crippen LogP contribution in [0, 0.1) is 5.92 Å². The van der Waals surface area contributed by atoms with Crippen LogP contribution in [0.1, 0.15) is 26.7 Å². The molecule has 0 saturated carbocycles. The smallest absolute Gasteiger partial charge is 0.0106 e. The number of likely N-dealkylation sites (tertiary alicyclic amines) is 1. The molecule has 2 N–H and O–H groups in total. The summed E-state index contributed by atoms with van der Waals surface area (Å²) in [4.78, 5) is 2.48. The van der Waals surface area contributed by atoms with Crippen molar-refractivity contribution in [2.24, 2.45) is 11.7 Å². The van der Waals surface area contributed by atoms with Gasteiger partial charge in [0.25, 0.3) is 0 Å². The Balaban J connectivity index is 2.46. The van der Waals surface area contributed by atoms with Gasteiger partial charge in [-0.15, -0.1) is 0 Å². The second-order valence-corrected chi connectivity index (χ2v) is 4.00. The van der Waals surface area contributed by atoms with Crippen LogP contribution in [0.5, 0.6) is 0 Å². The Kier molecular flexibility index (Phi) is 3.15. The molecule has 0 aromatic carbocycles. The SMILES string of the molecule is C=C(N)C1CCCN(C(C)C)C1. The molecule has 1 aliphatic heterocycles. The van der Waals surface area contributed by atoms with Crippen LogP contribution >= 0.6 is 0 Å². The predicted octanol–water partition coefficient (Wildman–Crippen LogP) is 1.58. The zero-order chi connectivity index (χ0) is 9.14. The van der Waals surface area contributed by atoms with Gasteiger partial charge in [0.15, 0.2) is 0 Å². The Bertz CT molecular complexity index is 163. The molecule has 0 aliphatic carbocycles. The van der Waals surface area contributed by atoms with Crippen LogP contribution in [0.15, 0.2) is 12.3 Å². The number of hydrogen-bond acceptors (Lipinski definition) is 2. The summed E-state index contributed by atoms with van der Waals surface area (Å²) in [5, 5.41) is 0. The molecule has 2 nitrogen and oxygen atoms in total. The molecule has 1 rings (SSSR count). The lowest BCUT2D eigenvalue weighted by molar-refractivity contribution is 0.153. The topological polar surface area (TPSA) is 29.3 Å². The normalized spacial score (nSPS) is 26.1. The summed E-state index contributed by atoms with van der Waals surface area (Å²) in [7, 11) is 0. The minimum absolute atomic E-state index is 0.529. The van der Waals surface area contributed by atoms with E-state index in [2.05, 4.69) is 25.3 Å². The fraction of sp³-hybridized carbons (Fsp3) is 0.800. The molecule has 1 saturated heterocycles. The molecule has 0 radical (unpaired) electrons. The van der Waals surface area contributed by atoms with Gasteiger partial charge in [0.2, 0.25) is 0 Å². The standard InChI is InChI=1S/C10H20N2/c1-8(2)12-6-4-5-10(7-12)9(3)11/h8,10H,3-7,11H2,1-2H3. The molecule has 1 heterocycles. The van der Waals surface area contributed by atoms with Crippen molar-refractivity contribution in [3.05, 3.63) is 12.3 Å². The molecule has 1 unspecified atom stereocenters. The van der Waals surface area contributed by atoms with Crippen LogP contribution in [-0.4, -0.2) is 24.0 Å². The molecule has 12 heavy (non-hydrogen) atoms. The van der Waals surface area contributed by atoms with Crippen molar-refractivity contribution in [2.75, 3.05) is 13.1 Å². The van der Waals surface area contributed by atoms with E-state index in [1.807, 2.05) is 0 Å². The van der Waals surface area contributed by atoms with Crippen LogP contribution in [0.25, 0.3) is 0 Å². The van der Waals surface area contributed by atoms with E-state index in [0.717, 1.165) is 12.2 Å². The van der Waals surface area contributed by atoms with Crippen LogP contribution in [0.3, 0.4) is 0 Å². The van der Waals surface area contributed by atoms with Crippen LogP contribution in [0.2, 0.25) is 0 Å². The molecule has 1 atom stereocenters. The first-order chi connectivity index (χ1) is 5.61. The van der Waals surface area contributed by atoms with Gasteiger partial charge in [-0.25, -0.2) is 0 Å². The van der Waals surface area contributed by atoms with E-state index in [1.165, 1.54) is 19.4 Å². The number of hydrogen-bond donors (Lipinski definition) is 1. The van der Waals surface area contributed by atoms with E-state index < -0.39 is 0 Å². The third-order valence-corrected chi connectivity index (χ3v) is 2.71. The first kappa shape index (κ1) is 9.59. The zero-order valence-corrected chi connectivity index (χ0v) is 8.21. The summed E-state index contributed by atoms with van der Waals surface area (Å²) >= 11 is 0. The molecular formula is C10H20N2. The Morgan fingerprint density at radius 2 is 2.25 bits per heavy atom. The molecule has 0 spiro atoms. The van der Waals surface area contributed by atoms with Crippen molar-refractivity contribution >= 4 is 0 Å². The average Bonchev–Trinajstić information content (AvgIpc) is 2.04. The quantitative estimate of drug-likeness (QED) is 0.678. The zero-order valence-electron chi connectivity index (χ0n) is 8.21. The number of nitrogens with two attached hydrogens (primary N) is 1. The lowest BCUT2D eigenvalue weighted by Gasteiger charge is -2.35. The fourth-order valence-electron chi connectivity index (χ4n) is 1.78. The van der Waals surface area contributed by atoms with Crippen LogP contribution in [-0.2, 0) is 0 Å². The maximum Gasteiger partial charge on any atom is 0.0106 e. The van der Waals surface area contributed by atoms with Crippen molar-refractivity contribution in [1.82, 2.24) is 4.90 Å². The van der Waals surface area contributed by atoms with Crippen molar-refractivity contribution in [3.8, 4) is 0 Å². The summed E-state index contributed by atoms with van der Waals surface area (Å²) < 4.78 is 0. The van der Waals surface area contributed by atoms with Gasteiger partial charge in [0.1, 0.15) is 0 Å². The molecule has 70 valence electrons. The number of nitrogens with zero attached hydrogens (tertiary/aromatic N) is 1. The van der Waals surface area contributed by atoms with Gasteiger partial charge in [-0.3, -0.25) is 0 Å². The molecule has 0 aromatic heterocycles. The Morgan fingerprint density at radius 3 is 2.75 bits per heavy atom. The van der Waals surface area contributed by atoms with Crippen LogP contribution < -0.4 is 5.73 Å².